The van der Waals surface area contributed by atoms with Gasteiger partial charge in [0.25, 0.3) is 0 Å². The highest BCUT2D eigenvalue weighted by Crippen LogP contribution is 2.31. The maximum Gasteiger partial charge on any atom is 0.143 e. The van der Waals surface area contributed by atoms with Crippen LogP contribution in [0.25, 0.3) is 0 Å². The highest BCUT2D eigenvalue weighted by Gasteiger charge is 2.20. The zero-order valence-corrected chi connectivity index (χ0v) is 14.0. The van der Waals surface area contributed by atoms with Gasteiger partial charge in [0.2, 0.25) is 0 Å². The van der Waals surface area contributed by atoms with Crippen molar-refractivity contribution >= 4 is 5.69 Å². The Morgan fingerprint density at radius 3 is 2.55 bits per heavy atom. The van der Waals surface area contributed by atoms with E-state index in [0.717, 1.165) is 45.0 Å². The van der Waals surface area contributed by atoms with Gasteiger partial charge in [-0.25, -0.2) is 0 Å². The first kappa shape index (κ1) is 17.1. The van der Waals surface area contributed by atoms with Gasteiger partial charge >= 0.3 is 0 Å². The molecule has 2 rings (SSSR count). The fourth-order valence-electron chi connectivity index (χ4n) is 2.84. The van der Waals surface area contributed by atoms with Gasteiger partial charge in [0.15, 0.2) is 0 Å². The Kier molecular flexibility index (Phi) is 6.49. The Balaban J connectivity index is 2.12. The Labute approximate surface area is 133 Å². The number of nitrogens with zero attached hydrogens (tertiary/aromatic N) is 2. The molecule has 5 heteroatoms. The van der Waals surface area contributed by atoms with Crippen molar-refractivity contribution in [2.45, 2.75) is 26.5 Å². The van der Waals surface area contributed by atoms with E-state index >= 15 is 0 Å². The van der Waals surface area contributed by atoms with E-state index in [1.807, 2.05) is 7.05 Å². The number of nitrogens with one attached hydrogen (secondary N) is 1. The van der Waals surface area contributed by atoms with Gasteiger partial charge in [-0.15, -0.1) is 0 Å². The lowest BCUT2D eigenvalue weighted by Crippen LogP contribution is -2.47. The second kappa shape index (κ2) is 8.36. The number of aliphatic hydroxyl groups is 1. The van der Waals surface area contributed by atoms with E-state index in [1.54, 1.807) is 0 Å². The summed E-state index contributed by atoms with van der Waals surface area (Å²) in [5, 5.41) is 12.2. The molecule has 0 bridgehead atoms. The van der Waals surface area contributed by atoms with Crippen LogP contribution in [0.1, 0.15) is 19.4 Å². The monoisotopic (exact) mass is 307 g/mol. The summed E-state index contributed by atoms with van der Waals surface area (Å²) in [6.07, 6.45) is 0.166. The van der Waals surface area contributed by atoms with Gasteiger partial charge < -0.3 is 20.1 Å². The minimum Gasteiger partial charge on any atom is -0.489 e. The van der Waals surface area contributed by atoms with Crippen molar-refractivity contribution in [3.63, 3.8) is 0 Å². The van der Waals surface area contributed by atoms with Gasteiger partial charge in [0.05, 0.1) is 18.4 Å². The average molecular weight is 307 g/mol. The number of ether oxygens (including phenoxy) is 1. The maximum absolute atomic E-state index is 9.04. The molecule has 1 aromatic carbocycles. The highest BCUT2D eigenvalue weighted by molar-refractivity contribution is 5.60. The van der Waals surface area contributed by atoms with Crippen molar-refractivity contribution < 1.29 is 9.84 Å². The molecule has 1 aliphatic heterocycles. The van der Waals surface area contributed by atoms with Crippen molar-refractivity contribution in [3.05, 3.63) is 23.8 Å². The van der Waals surface area contributed by atoms with Crippen molar-refractivity contribution in [2.24, 2.45) is 0 Å². The topological polar surface area (TPSA) is 48.0 Å². The maximum atomic E-state index is 9.04. The average Bonchev–Trinajstić information content (AvgIpc) is 2.49. The molecule has 0 aromatic heterocycles. The molecular formula is C17H29N3O2. The number of hydrogen-bond donors (Lipinski definition) is 2. The van der Waals surface area contributed by atoms with Crippen molar-refractivity contribution in [1.82, 2.24) is 10.2 Å². The normalized spacial score (nSPS) is 16.3. The molecule has 1 fully saturated rings. The molecule has 0 amide bonds. The first-order valence-electron chi connectivity index (χ1n) is 8.16. The minimum atomic E-state index is 0.166. The first-order valence-corrected chi connectivity index (χ1v) is 8.16. The molecule has 5 nitrogen and oxygen atoms in total. The van der Waals surface area contributed by atoms with Crippen LogP contribution in [0.3, 0.4) is 0 Å². The lowest BCUT2D eigenvalue weighted by molar-refractivity contribution is 0.188. The van der Waals surface area contributed by atoms with Gasteiger partial charge in [-0.3, -0.25) is 4.90 Å². The molecule has 0 saturated carbocycles. The van der Waals surface area contributed by atoms with Gasteiger partial charge in [0, 0.05) is 39.3 Å². The van der Waals surface area contributed by atoms with Crippen molar-refractivity contribution in [2.75, 3.05) is 51.3 Å². The highest BCUT2D eigenvalue weighted by atomic mass is 16.5. The zero-order valence-electron chi connectivity index (χ0n) is 14.0. The van der Waals surface area contributed by atoms with Gasteiger partial charge in [0.1, 0.15) is 5.75 Å². The van der Waals surface area contributed by atoms with Gasteiger partial charge in [-0.05, 0) is 38.6 Å². The zero-order chi connectivity index (χ0) is 15.9. The Hall–Kier alpha value is -1.30. The fourth-order valence-corrected chi connectivity index (χ4v) is 2.84. The summed E-state index contributed by atoms with van der Waals surface area (Å²) in [4.78, 5) is 4.68. The van der Waals surface area contributed by atoms with Crippen LogP contribution in [0.5, 0.6) is 5.75 Å². The third kappa shape index (κ3) is 4.60. The Morgan fingerprint density at radius 1 is 1.23 bits per heavy atom. The molecule has 1 heterocycles. The van der Waals surface area contributed by atoms with E-state index in [2.05, 4.69) is 47.2 Å². The van der Waals surface area contributed by atoms with Crippen LogP contribution in [0.2, 0.25) is 0 Å². The summed E-state index contributed by atoms with van der Waals surface area (Å²) in [5.41, 5.74) is 2.41. The van der Waals surface area contributed by atoms with E-state index in [0.29, 0.717) is 0 Å². The van der Waals surface area contributed by atoms with Crippen LogP contribution in [-0.2, 0) is 6.54 Å². The van der Waals surface area contributed by atoms with E-state index in [9.17, 15) is 0 Å². The third-order valence-electron chi connectivity index (χ3n) is 3.90. The smallest absolute Gasteiger partial charge is 0.143 e. The lowest BCUT2D eigenvalue weighted by atomic mass is 10.1. The molecule has 0 atom stereocenters. The summed E-state index contributed by atoms with van der Waals surface area (Å²) >= 11 is 0. The number of rotatable bonds is 7. The summed E-state index contributed by atoms with van der Waals surface area (Å²) in [6.45, 7) is 9.89. The quantitative estimate of drug-likeness (QED) is 0.795. The standard InChI is InChI=1S/C17H29N3O2/c1-14(2)22-17-12-15(13-18-3)4-5-16(17)20-8-6-19(7-9-20)10-11-21/h4-5,12,14,18,21H,6-11,13H2,1-3H3. The molecule has 0 radical (unpaired) electrons. The molecule has 124 valence electrons. The SMILES string of the molecule is CNCc1ccc(N2CCN(CCO)CC2)c(OC(C)C)c1. The number of benzene rings is 1. The van der Waals surface area contributed by atoms with E-state index < -0.39 is 0 Å². The molecule has 0 unspecified atom stereocenters. The number of anilines is 1. The number of hydrogen-bond acceptors (Lipinski definition) is 5. The Morgan fingerprint density at radius 2 is 1.95 bits per heavy atom. The van der Waals surface area contributed by atoms with Gasteiger partial charge in [-0.1, -0.05) is 6.07 Å². The summed E-state index contributed by atoms with van der Waals surface area (Å²) < 4.78 is 6.04. The van der Waals surface area contributed by atoms with Crippen LogP contribution in [0, 0.1) is 0 Å². The molecule has 1 aliphatic rings. The van der Waals surface area contributed by atoms with E-state index in [1.165, 1.54) is 11.3 Å². The van der Waals surface area contributed by atoms with Crippen LogP contribution in [-0.4, -0.2) is 62.5 Å². The van der Waals surface area contributed by atoms with Crippen LogP contribution in [0.4, 0.5) is 5.69 Å². The molecule has 1 aromatic rings. The largest absolute Gasteiger partial charge is 0.489 e. The van der Waals surface area contributed by atoms with Crippen molar-refractivity contribution in [3.8, 4) is 5.75 Å². The van der Waals surface area contributed by atoms with E-state index in [-0.39, 0.29) is 12.7 Å². The first-order chi connectivity index (χ1) is 10.6. The predicted octanol–water partition coefficient (Wildman–Crippen LogP) is 1.31. The third-order valence-corrected chi connectivity index (χ3v) is 3.90. The number of piperazine rings is 1. The molecule has 1 saturated heterocycles. The van der Waals surface area contributed by atoms with E-state index in [4.69, 9.17) is 9.84 Å². The van der Waals surface area contributed by atoms with Gasteiger partial charge in [-0.2, -0.15) is 0 Å². The molecule has 22 heavy (non-hydrogen) atoms. The lowest BCUT2D eigenvalue weighted by Gasteiger charge is -2.36. The summed E-state index contributed by atoms with van der Waals surface area (Å²) in [5.74, 6) is 0.971. The molecule has 0 aliphatic carbocycles. The van der Waals surface area contributed by atoms with Crippen LogP contribution >= 0.6 is 0 Å². The number of aliphatic hydroxyl groups excluding tert-OH is 1. The molecule has 0 spiro atoms. The summed E-state index contributed by atoms with van der Waals surface area (Å²) in [7, 11) is 1.96. The van der Waals surface area contributed by atoms with Crippen molar-refractivity contribution in [1.29, 1.82) is 0 Å². The molecule has 2 N–H and O–H groups in total. The predicted molar refractivity (Wildman–Crippen MR) is 90.7 cm³/mol. The van der Waals surface area contributed by atoms with Crippen LogP contribution in [0.15, 0.2) is 18.2 Å². The summed E-state index contributed by atoms with van der Waals surface area (Å²) in [6, 6.07) is 6.48. The second-order valence-corrected chi connectivity index (χ2v) is 6.05. The Bertz CT molecular complexity index is 457. The minimum absolute atomic E-state index is 0.166. The second-order valence-electron chi connectivity index (χ2n) is 6.05. The fraction of sp³-hybridized carbons (Fsp3) is 0.647. The number of β-amino-alcohol motifs (C(OH)–C–C–N with tert-alkyl or cyclic N) is 1. The van der Waals surface area contributed by atoms with Crippen LogP contribution < -0.4 is 15.0 Å². The molecular weight excluding hydrogens is 278 g/mol.